The Morgan fingerprint density at radius 1 is 1.18 bits per heavy atom. The minimum atomic E-state index is -2.94. The largest absolute Gasteiger partial charge is 0.228 e. The van der Waals surface area contributed by atoms with Gasteiger partial charge in [0.1, 0.15) is 0 Å². The Bertz CT molecular complexity index is 330. The van der Waals surface area contributed by atoms with Crippen molar-refractivity contribution in [1.82, 2.24) is 0 Å². The molecule has 1 aliphatic carbocycles. The van der Waals surface area contributed by atoms with Crippen LogP contribution in [0.15, 0.2) is 0 Å². The SMILES string of the molecule is CC(C)(C)S(=O)(=O)CCC1CCCCC(Br)C1. The average molecular weight is 325 g/mol. The fraction of sp³-hybridized carbons (Fsp3) is 1.00. The van der Waals surface area contributed by atoms with E-state index in [2.05, 4.69) is 15.9 Å². The van der Waals surface area contributed by atoms with Crippen LogP contribution in [0.4, 0.5) is 0 Å². The highest BCUT2D eigenvalue weighted by Crippen LogP contribution is 2.31. The van der Waals surface area contributed by atoms with E-state index in [9.17, 15) is 8.42 Å². The van der Waals surface area contributed by atoms with Crippen LogP contribution in [-0.4, -0.2) is 23.7 Å². The first kappa shape index (κ1) is 15.5. The molecule has 0 saturated heterocycles. The Balaban J connectivity index is 2.50. The fourth-order valence-electron chi connectivity index (χ4n) is 2.29. The maximum atomic E-state index is 12.1. The smallest absolute Gasteiger partial charge is 0.155 e. The highest BCUT2D eigenvalue weighted by Gasteiger charge is 2.30. The lowest BCUT2D eigenvalue weighted by Gasteiger charge is -2.22. The van der Waals surface area contributed by atoms with Crippen molar-refractivity contribution in [3.8, 4) is 0 Å². The van der Waals surface area contributed by atoms with Gasteiger partial charge in [-0.2, -0.15) is 0 Å². The number of alkyl halides is 1. The minimum absolute atomic E-state index is 0.348. The molecule has 102 valence electrons. The standard InChI is InChI=1S/C13H25BrO2S/c1-13(2,3)17(15,16)9-8-11-6-4-5-7-12(14)10-11/h11-12H,4-10H2,1-3H3. The third kappa shape index (κ3) is 4.90. The van der Waals surface area contributed by atoms with Crippen molar-refractivity contribution < 1.29 is 8.42 Å². The highest BCUT2D eigenvalue weighted by molar-refractivity contribution is 9.09. The van der Waals surface area contributed by atoms with E-state index >= 15 is 0 Å². The van der Waals surface area contributed by atoms with Crippen LogP contribution in [0.1, 0.15) is 59.3 Å². The van der Waals surface area contributed by atoms with E-state index in [0.717, 1.165) is 12.8 Å². The molecule has 0 bridgehead atoms. The zero-order valence-electron chi connectivity index (χ0n) is 11.2. The maximum absolute atomic E-state index is 12.1. The second kappa shape index (κ2) is 6.05. The van der Waals surface area contributed by atoms with Gasteiger partial charge in [-0.05, 0) is 46.0 Å². The molecule has 2 nitrogen and oxygen atoms in total. The molecule has 0 heterocycles. The topological polar surface area (TPSA) is 34.1 Å². The lowest BCUT2D eigenvalue weighted by Crippen LogP contribution is -2.31. The van der Waals surface area contributed by atoms with Gasteiger partial charge in [0.15, 0.2) is 9.84 Å². The van der Waals surface area contributed by atoms with Crippen LogP contribution >= 0.6 is 15.9 Å². The molecule has 0 aromatic rings. The molecule has 2 unspecified atom stereocenters. The van der Waals surface area contributed by atoms with Crippen molar-refractivity contribution in [1.29, 1.82) is 0 Å². The monoisotopic (exact) mass is 324 g/mol. The van der Waals surface area contributed by atoms with Gasteiger partial charge in [-0.25, -0.2) is 8.42 Å². The highest BCUT2D eigenvalue weighted by atomic mass is 79.9. The molecule has 0 spiro atoms. The van der Waals surface area contributed by atoms with Crippen molar-refractivity contribution >= 4 is 25.8 Å². The van der Waals surface area contributed by atoms with Crippen molar-refractivity contribution in [3.63, 3.8) is 0 Å². The zero-order chi connectivity index (χ0) is 13.1. The molecule has 0 N–H and O–H groups in total. The van der Waals surface area contributed by atoms with Crippen molar-refractivity contribution in [2.75, 3.05) is 5.75 Å². The minimum Gasteiger partial charge on any atom is -0.228 e. The van der Waals surface area contributed by atoms with E-state index in [0.29, 0.717) is 16.5 Å². The van der Waals surface area contributed by atoms with Crippen LogP contribution in [0.2, 0.25) is 0 Å². The first-order chi connectivity index (χ1) is 7.72. The second-order valence-corrected chi connectivity index (χ2v) is 10.4. The van der Waals surface area contributed by atoms with Gasteiger partial charge in [0.05, 0.1) is 10.5 Å². The lowest BCUT2D eigenvalue weighted by atomic mass is 9.98. The molecular weight excluding hydrogens is 300 g/mol. The van der Waals surface area contributed by atoms with E-state index in [-0.39, 0.29) is 0 Å². The number of rotatable bonds is 3. The van der Waals surface area contributed by atoms with Crippen LogP contribution in [0.25, 0.3) is 0 Å². The van der Waals surface area contributed by atoms with E-state index in [4.69, 9.17) is 0 Å². The van der Waals surface area contributed by atoms with Crippen molar-refractivity contribution in [2.45, 2.75) is 68.9 Å². The van der Waals surface area contributed by atoms with E-state index in [1.54, 1.807) is 20.8 Å². The number of sulfone groups is 1. The third-order valence-electron chi connectivity index (χ3n) is 3.70. The summed E-state index contributed by atoms with van der Waals surface area (Å²) in [6.07, 6.45) is 6.94. The molecular formula is C13H25BrO2S. The van der Waals surface area contributed by atoms with Gasteiger partial charge in [0, 0.05) is 4.83 Å². The maximum Gasteiger partial charge on any atom is 0.155 e. The first-order valence-electron chi connectivity index (χ1n) is 6.59. The lowest BCUT2D eigenvalue weighted by molar-refractivity contribution is 0.447. The third-order valence-corrected chi connectivity index (χ3v) is 7.17. The summed E-state index contributed by atoms with van der Waals surface area (Å²) in [7, 11) is -2.94. The Morgan fingerprint density at radius 2 is 1.76 bits per heavy atom. The summed E-state index contributed by atoms with van der Waals surface area (Å²) in [6, 6.07) is 0. The normalized spacial score (nSPS) is 27.8. The van der Waals surface area contributed by atoms with Gasteiger partial charge in [-0.3, -0.25) is 0 Å². The molecule has 4 heteroatoms. The summed E-state index contributed by atoms with van der Waals surface area (Å²) in [5, 5.41) is 0. The summed E-state index contributed by atoms with van der Waals surface area (Å²) in [4.78, 5) is 0.590. The van der Waals surface area contributed by atoms with Crippen LogP contribution in [0.5, 0.6) is 0 Å². The Morgan fingerprint density at radius 3 is 2.35 bits per heavy atom. The number of halogens is 1. The van der Waals surface area contributed by atoms with Crippen LogP contribution in [-0.2, 0) is 9.84 Å². The average Bonchev–Trinajstić information content (AvgIpc) is 2.38. The van der Waals surface area contributed by atoms with Crippen molar-refractivity contribution in [3.05, 3.63) is 0 Å². The summed E-state index contributed by atoms with van der Waals surface area (Å²) < 4.78 is 23.5. The molecule has 0 aromatic carbocycles. The van der Waals surface area contributed by atoms with E-state index in [1.165, 1.54) is 25.7 Å². The van der Waals surface area contributed by atoms with Gasteiger partial charge < -0.3 is 0 Å². The summed E-state index contributed by atoms with van der Waals surface area (Å²) in [6.45, 7) is 5.38. The van der Waals surface area contributed by atoms with E-state index < -0.39 is 14.6 Å². The quantitative estimate of drug-likeness (QED) is 0.582. The van der Waals surface area contributed by atoms with Gasteiger partial charge in [-0.1, -0.05) is 35.2 Å². The molecule has 1 fully saturated rings. The molecule has 0 aliphatic heterocycles. The summed E-state index contributed by atoms with van der Waals surface area (Å²) in [5.74, 6) is 0.931. The Hall–Kier alpha value is 0.430. The Labute approximate surface area is 115 Å². The molecule has 0 radical (unpaired) electrons. The molecule has 1 rings (SSSR count). The summed E-state index contributed by atoms with van der Waals surface area (Å²) in [5.41, 5.74) is 0. The number of hydrogen-bond acceptors (Lipinski definition) is 2. The molecule has 1 saturated carbocycles. The first-order valence-corrected chi connectivity index (χ1v) is 9.15. The second-order valence-electron chi connectivity index (χ2n) is 6.20. The van der Waals surface area contributed by atoms with Crippen LogP contribution < -0.4 is 0 Å². The predicted octanol–water partition coefficient (Wildman–Crippen LogP) is 3.93. The zero-order valence-corrected chi connectivity index (χ0v) is 13.6. The van der Waals surface area contributed by atoms with Crippen molar-refractivity contribution in [2.24, 2.45) is 5.92 Å². The summed E-state index contributed by atoms with van der Waals surface area (Å²) >= 11 is 3.69. The molecule has 0 amide bonds. The molecule has 17 heavy (non-hydrogen) atoms. The molecule has 2 atom stereocenters. The Kier molecular flexibility index (Phi) is 5.51. The fourth-order valence-corrected chi connectivity index (χ4v) is 4.39. The number of hydrogen-bond donors (Lipinski definition) is 0. The molecule has 0 aromatic heterocycles. The van der Waals surface area contributed by atoms with Crippen LogP contribution in [0, 0.1) is 5.92 Å². The van der Waals surface area contributed by atoms with Gasteiger partial charge in [0.25, 0.3) is 0 Å². The van der Waals surface area contributed by atoms with Gasteiger partial charge >= 0.3 is 0 Å². The van der Waals surface area contributed by atoms with Crippen LogP contribution in [0.3, 0.4) is 0 Å². The van der Waals surface area contributed by atoms with Gasteiger partial charge in [-0.15, -0.1) is 0 Å². The molecule has 1 aliphatic rings. The van der Waals surface area contributed by atoms with E-state index in [1.807, 2.05) is 0 Å². The predicted molar refractivity (Wildman–Crippen MR) is 77.4 cm³/mol. The van der Waals surface area contributed by atoms with Gasteiger partial charge in [0.2, 0.25) is 0 Å².